The maximum atomic E-state index is 13.7. The van der Waals surface area contributed by atoms with Gasteiger partial charge in [0, 0.05) is 39.5 Å². The van der Waals surface area contributed by atoms with E-state index in [4.69, 9.17) is 4.98 Å². The number of pyridine rings is 3. The van der Waals surface area contributed by atoms with Crippen molar-refractivity contribution >= 4 is 39.0 Å². The number of rotatable bonds is 6. The summed E-state index contributed by atoms with van der Waals surface area (Å²) in [6.45, 7) is 4.21. The summed E-state index contributed by atoms with van der Waals surface area (Å²) in [6.07, 6.45) is 10.8. The van der Waals surface area contributed by atoms with Crippen molar-refractivity contribution in [3.8, 4) is 33.1 Å². The monoisotopic (exact) mass is 507 g/mol. The molecule has 1 saturated carbocycles. The number of hydrogen-bond donors (Lipinski definition) is 3. The fourth-order valence-corrected chi connectivity index (χ4v) is 5.53. The zero-order chi connectivity index (χ0) is 24.9. The van der Waals surface area contributed by atoms with Gasteiger partial charge in [-0.1, -0.05) is 13.0 Å². The fourth-order valence-electron chi connectivity index (χ4n) is 4.77. The van der Waals surface area contributed by atoms with E-state index in [2.05, 4.69) is 37.0 Å². The van der Waals surface area contributed by atoms with Gasteiger partial charge in [0.1, 0.15) is 11.2 Å². The molecule has 0 aliphatic heterocycles. The molecule has 3 N–H and O–H groups in total. The van der Waals surface area contributed by atoms with Crippen molar-refractivity contribution in [2.45, 2.75) is 19.3 Å². The molecule has 0 saturated heterocycles. The van der Waals surface area contributed by atoms with Gasteiger partial charge in [0.15, 0.2) is 5.13 Å². The Balaban J connectivity index is 1.26. The number of anilines is 1. The van der Waals surface area contributed by atoms with Gasteiger partial charge in [-0.3, -0.25) is 15.1 Å². The minimum Gasteiger partial charge on any atom is -0.358 e. The zero-order valence-electron chi connectivity index (χ0n) is 19.8. The van der Waals surface area contributed by atoms with Gasteiger partial charge in [0.25, 0.3) is 0 Å². The third-order valence-electron chi connectivity index (χ3n) is 6.98. The van der Waals surface area contributed by atoms with E-state index < -0.39 is 0 Å². The molecule has 0 radical (unpaired) electrons. The van der Waals surface area contributed by atoms with Crippen LogP contribution in [0.3, 0.4) is 0 Å². The standard InChI is InChI=1S/C28H22FN7S/c1-15(16-3-2-4-16)32-18-9-17(11-30-12-18)21-5-6-22-27(34-21)28(36-35-22)23-10-19-20(13-31-14-24(19)33-23)25-7-8-26(29)37-25/h5-14,16,32-33H,1-4H2,(H,35,36). The topological polar surface area (TPSA) is 95.2 Å². The van der Waals surface area contributed by atoms with Crippen molar-refractivity contribution in [3.05, 3.63) is 78.6 Å². The Morgan fingerprint density at radius 2 is 1.92 bits per heavy atom. The van der Waals surface area contributed by atoms with Gasteiger partial charge < -0.3 is 10.3 Å². The highest BCUT2D eigenvalue weighted by molar-refractivity contribution is 7.14. The smallest absolute Gasteiger partial charge is 0.176 e. The van der Waals surface area contributed by atoms with Gasteiger partial charge in [-0.15, -0.1) is 11.3 Å². The third kappa shape index (κ3) is 3.88. The second kappa shape index (κ2) is 8.63. The molecule has 1 aliphatic rings. The summed E-state index contributed by atoms with van der Waals surface area (Å²) in [5.74, 6) is 0.539. The average molecular weight is 508 g/mol. The molecule has 37 heavy (non-hydrogen) atoms. The zero-order valence-corrected chi connectivity index (χ0v) is 20.6. The van der Waals surface area contributed by atoms with Crippen LogP contribution < -0.4 is 5.32 Å². The molecule has 7 nitrogen and oxygen atoms in total. The lowest BCUT2D eigenvalue weighted by Crippen LogP contribution is -2.18. The van der Waals surface area contributed by atoms with Crippen LogP contribution in [0.25, 0.3) is 55.0 Å². The van der Waals surface area contributed by atoms with Gasteiger partial charge in [-0.05, 0) is 55.2 Å². The Labute approximate surface area is 215 Å². The van der Waals surface area contributed by atoms with E-state index >= 15 is 0 Å². The lowest BCUT2D eigenvalue weighted by Gasteiger charge is -2.28. The summed E-state index contributed by atoms with van der Waals surface area (Å²) in [5, 5.41) is 11.8. The number of aromatic amines is 2. The number of hydrogen-bond acceptors (Lipinski definition) is 6. The minimum atomic E-state index is -0.223. The molecule has 0 amide bonds. The normalized spacial score (nSPS) is 13.8. The number of allylic oxidation sites excluding steroid dienone is 1. The number of aromatic nitrogens is 6. The summed E-state index contributed by atoms with van der Waals surface area (Å²) in [7, 11) is 0. The first kappa shape index (κ1) is 21.9. The molecule has 9 heteroatoms. The van der Waals surface area contributed by atoms with Crippen molar-refractivity contribution in [1.82, 2.24) is 30.1 Å². The Morgan fingerprint density at radius 1 is 1.03 bits per heavy atom. The summed E-state index contributed by atoms with van der Waals surface area (Å²) < 4.78 is 13.7. The first-order valence-electron chi connectivity index (χ1n) is 12.1. The van der Waals surface area contributed by atoms with Crippen LogP contribution in [0.1, 0.15) is 19.3 Å². The quantitative estimate of drug-likeness (QED) is 0.222. The van der Waals surface area contributed by atoms with Crippen LogP contribution in [-0.4, -0.2) is 30.1 Å². The maximum Gasteiger partial charge on any atom is 0.176 e. The molecule has 0 unspecified atom stereocenters. The average Bonchev–Trinajstić information content (AvgIpc) is 3.60. The molecule has 182 valence electrons. The van der Waals surface area contributed by atoms with E-state index in [1.165, 1.54) is 25.3 Å². The number of nitrogens with zero attached hydrogens (tertiary/aromatic N) is 4. The van der Waals surface area contributed by atoms with Crippen LogP contribution in [0.5, 0.6) is 0 Å². The predicted octanol–water partition coefficient (Wildman–Crippen LogP) is 7.16. The fraction of sp³-hybridized carbons (Fsp3) is 0.143. The van der Waals surface area contributed by atoms with Gasteiger partial charge in [-0.2, -0.15) is 9.49 Å². The minimum absolute atomic E-state index is 0.223. The molecule has 0 atom stereocenters. The van der Waals surface area contributed by atoms with Crippen molar-refractivity contribution in [3.63, 3.8) is 0 Å². The third-order valence-corrected chi connectivity index (χ3v) is 7.89. The second-order valence-electron chi connectivity index (χ2n) is 9.34. The molecule has 6 aromatic rings. The van der Waals surface area contributed by atoms with Crippen LogP contribution in [0.2, 0.25) is 0 Å². The van der Waals surface area contributed by atoms with E-state index in [0.29, 0.717) is 11.6 Å². The first-order chi connectivity index (χ1) is 18.1. The van der Waals surface area contributed by atoms with Gasteiger partial charge in [-0.25, -0.2) is 4.98 Å². The highest BCUT2D eigenvalue weighted by Crippen LogP contribution is 2.36. The van der Waals surface area contributed by atoms with Crippen LogP contribution in [0.15, 0.2) is 73.5 Å². The number of fused-ring (bicyclic) bond motifs is 2. The molecule has 0 aromatic carbocycles. The Hall–Kier alpha value is -4.37. The van der Waals surface area contributed by atoms with Gasteiger partial charge >= 0.3 is 0 Å². The second-order valence-corrected chi connectivity index (χ2v) is 10.4. The number of halogens is 1. The van der Waals surface area contributed by atoms with Crippen molar-refractivity contribution in [2.24, 2.45) is 5.92 Å². The Bertz CT molecular complexity index is 1790. The van der Waals surface area contributed by atoms with E-state index in [1.807, 2.05) is 36.7 Å². The largest absolute Gasteiger partial charge is 0.358 e. The number of thiophene rings is 1. The SMILES string of the molecule is C=C(Nc1cncc(-c2ccc3[nH]nc(-c4cc5c(-c6ccc(F)s6)cncc5[nH]4)c3n2)c1)C1CCC1. The van der Waals surface area contributed by atoms with Crippen LogP contribution >= 0.6 is 11.3 Å². The molecule has 6 aromatic heterocycles. The highest BCUT2D eigenvalue weighted by atomic mass is 32.1. The summed E-state index contributed by atoms with van der Waals surface area (Å²) >= 11 is 1.10. The van der Waals surface area contributed by atoms with E-state index in [0.717, 1.165) is 72.0 Å². The van der Waals surface area contributed by atoms with Gasteiger partial charge in [0.2, 0.25) is 0 Å². The number of H-pyrrole nitrogens is 2. The van der Waals surface area contributed by atoms with Crippen molar-refractivity contribution in [2.75, 3.05) is 5.32 Å². The summed E-state index contributed by atoms with van der Waals surface area (Å²) in [6, 6.07) is 11.3. The summed E-state index contributed by atoms with van der Waals surface area (Å²) in [4.78, 5) is 18.0. The predicted molar refractivity (Wildman–Crippen MR) is 146 cm³/mol. The Morgan fingerprint density at radius 3 is 2.73 bits per heavy atom. The van der Waals surface area contributed by atoms with Crippen molar-refractivity contribution < 1.29 is 4.39 Å². The molecule has 1 fully saturated rings. The van der Waals surface area contributed by atoms with Crippen molar-refractivity contribution in [1.29, 1.82) is 0 Å². The van der Waals surface area contributed by atoms with Gasteiger partial charge in [0.05, 0.1) is 40.5 Å². The van der Waals surface area contributed by atoms with E-state index in [1.54, 1.807) is 18.5 Å². The van der Waals surface area contributed by atoms with Crippen LogP contribution in [-0.2, 0) is 0 Å². The lowest BCUT2D eigenvalue weighted by molar-refractivity contribution is 0.371. The Kier molecular flexibility index (Phi) is 5.10. The molecule has 0 spiro atoms. The van der Waals surface area contributed by atoms with Crippen LogP contribution in [0, 0.1) is 11.0 Å². The lowest BCUT2D eigenvalue weighted by atomic mass is 9.83. The first-order valence-corrected chi connectivity index (χ1v) is 12.9. The molecule has 0 bridgehead atoms. The highest BCUT2D eigenvalue weighted by Gasteiger charge is 2.21. The maximum absolute atomic E-state index is 13.7. The molecule has 6 heterocycles. The number of nitrogens with one attached hydrogen (secondary N) is 3. The molecule has 1 aliphatic carbocycles. The summed E-state index contributed by atoms with van der Waals surface area (Å²) in [5.41, 5.74) is 8.48. The van der Waals surface area contributed by atoms with E-state index in [9.17, 15) is 4.39 Å². The van der Waals surface area contributed by atoms with Crippen LogP contribution in [0.4, 0.5) is 10.1 Å². The molecular weight excluding hydrogens is 485 g/mol. The molecule has 7 rings (SSSR count). The van der Waals surface area contributed by atoms with E-state index in [-0.39, 0.29) is 5.13 Å². The molecular formula is C28H22FN7S.